The number of rotatable bonds is 6. The van der Waals surface area contributed by atoms with E-state index in [4.69, 9.17) is 9.47 Å². The van der Waals surface area contributed by atoms with Crippen LogP contribution in [0.15, 0.2) is 6.20 Å². The molecule has 0 saturated carbocycles. The summed E-state index contributed by atoms with van der Waals surface area (Å²) in [5.74, 6) is 0.671. The number of thiazole rings is 1. The van der Waals surface area contributed by atoms with E-state index in [1.54, 1.807) is 11.3 Å². The molecule has 2 rings (SSSR count). The van der Waals surface area contributed by atoms with Crippen LogP contribution in [0.3, 0.4) is 0 Å². The van der Waals surface area contributed by atoms with E-state index in [9.17, 15) is 0 Å². The van der Waals surface area contributed by atoms with Crippen molar-refractivity contribution in [2.45, 2.75) is 26.4 Å². The molecule has 0 atom stereocenters. The van der Waals surface area contributed by atoms with Crippen molar-refractivity contribution in [2.75, 3.05) is 31.7 Å². The summed E-state index contributed by atoms with van der Waals surface area (Å²) < 4.78 is 11.1. The quantitative estimate of drug-likeness (QED) is 0.849. The fraction of sp³-hybridized carbons (Fsp3) is 0.750. The van der Waals surface area contributed by atoms with Crippen LogP contribution in [0.1, 0.15) is 24.6 Å². The molecule has 5 heteroatoms. The zero-order valence-corrected chi connectivity index (χ0v) is 11.1. The van der Waals surface area contributed by atoms with Crippen LogP contribution < -0.4 is 5.32 Å². The SMILES string of the molecule is CCNc1ncc(COCC2CCOCC2)s1. The van der Waals surface area contributed by atoms with Crippen molar-refractivity contribution in [3.05, 3.63) is 11.1 Å². The first-order valence-electron chi connectivity index (χ1n) is 6.22. The number of anilines is 1. The third-order valence-corrected chi connectivity index (χ3v) is 3.75. The maximum atomic E-state index is 5.74. The monoisotopic (exact) mass is 256 g/mol. The van der Waals surface area contributed by atoms with Crippen molar-refractivity contribution in [1.82, 2.24) is 4.98 Å². The second-order valence-electron chi connectivity index (χ2n) is 4.23. The number of ether oxygens (including phenoxy) is 2. The van der Waals surface area contributed by atoms with E-state index in [0.717, 1.165) is 44.3 Å². The van der Waals surface area contributed by atoms with E-state index in [1.165, 1.54) is 4.88 Å². The fourth-order valence-electron chi connectivity index (χ4n) is 1.85. The van der Waals surface area contributed by atoms with Crippen molar-refractivity contribution in [2.24, 2.45) is 5.92 Å². The summed E-state index contributed by atoms with van der Waals surface area (Å²) in [5.41, 5.74) is 0. The van der Waals surface area contributed by atoms with Gasteiger partial charge in [-0.3, -0.25) is 0 Å². The molecule has 0 aliphatic carbocycles. The van der Waals surface area contributed by atoms with Gasteiger partial charge in [-0.25, -0.2) is 4.98 Å². The fourth-order valence-corrected chi connectivity index (χ4v) is 2.66. The number of hydrogen-bond acceptors (Lipinski definition) is 5. The summed E-state index contributed by atoms with van der Waals surface area (Å²) in [4.78, 5) is 5.47. The number of hydrogen-bond donors (Lipinski definition) is 1. The van der Waals surface area contributed by atoms with Gasteiger partial charge in [-0.05, 0) is 25.7 Å². The van der Waals surface area contributed by atoms with Crippen molar-refractivity contribution in [3.63, 3.8) is 0 Å². The van der Waals surface area contributed by atoms with Crippen molar-refractivity contribution in [3.8, 4) is 0 Å². The summed E-state index contributed by atoms with van der Waals surface area (Å²) in [6.07, 6.45) is 4.16. The first-order valence-corrected chi connectivity index (χ1v) is 7.04. The Hall–Kier alpha value is -0.650. The van der Waals surface area contributed by atoms with Gasteiger partial charge in [0, 0.05) is 26.0 Å². The Morgan fingerprint density at radius 1 is 1.53 bits per heavy atom. The molecule has 0 unspecified atom stereocenters. The number of aromatic nitrogens is 1. The number of nitrogens with one attached hydrogen (secondary N) is 1. The molecule has 0 bridgehead atoms. The van der Waals surface area contributed by atoms with Gasteiger partial charge in [0.2, 0.25) is 0 Å². The Morgan fingerprint density at radius 3 is 3.12 bits per heavy atom. The molecule has 0 aromatic carbocycles. The lowest BCUT2D eigenvalue weighted by Gasteiger charge is -2.21. The molecule has 4 nitrogen and oxygen atoms in total. The van der Waals surface area contributed by atoms with Gasteiger partial charge in [-0.2, -0.15) is 0 Å². The van der Waals surface area contributed by atoms with Gasteiger partial charge in [-0.1, -0.05) is 11.3 Å². The van der Waals surface area contributed by atoms with Crippen molar-refractivity contribution in [1.29, 1.82) is 0 Å². The molecular formula is C12H20N2O2S. The van der Waals surface area contributed by atoms with E-state index in [0.29, 0.717) is 12.5 Å². The predicted molar refractivity (Wildman–Crippen MR) is 69.5 cm³/mol. The molecule has 1 aliphatic rings. The molecule has 0 radical (unpaired) electrons. The maximum absolute atomic E-state index is 5.74. The lowest BCUT2D eigenvalue weighted by atomic mass is 10.0. The molecule has 2 heterocycles. The van der Waals surface area contributed by atoms with Crippen LogP contribution in [0, 0.1) is 5.92 Å². The van der Waals surface area contributed by atoms with E-state index in [-0.39, 0.29) is 0 Å². The molecule has 1 aromatic rings. The highest BCUT2D eigenvalue weighted by atomic mass is 32.1. The first-order chi connectivity index (χ1) is 8.38. The molecule has 1 aliphatic heterocycles. The molecule has 0 spiro atoms. The Balaban J connectivity index is 1.66. The summed E-state index contributed by atoms with van der Waals surface area (Å²) in [6.45, 7) is 6.29. The van der Waals surface area contributed by atoms with E-state index in [2.05, 4.69) is 17.2 Å². The predicted octanol–water partition coefficient (Wildman–Crippen LogP) is 2.52. The van der Waals surface area contributed by atoms with Gasteiger partial charge in [0.25, 0.3) is 0 Å². The average Bonchev–Trinajstić information content (AvgIpc) is 2.79. The molecule has 0 amide bonds. The molecule has 1 saturated heterocycles. The minimum atomic E-state index is 0.671. The van der Waals surface area contributed by atoms with Crippen LogP contribution in [0.2, 0.25) is 0 Å². The Morgan fingerprint density at radius 2 is 2.35 bits per heavy atom. The summed E-state index contributed by atoms with van der Waals surface area (Å²) in [7, 11) is 0. The zero-order chi connectivity index (χ0) is 11.9. The van der Waals surface area contributed by atoms with Gasteiger partial charge in [0.1, 0.15) is 0 Å². The van der Waals surface area contributed by atoms with Crippen LogP contribution >= 0.6 is 11.3 Å². The molecular weight excluding hydrogens is 236 g/mol. The highest BCUT2D eigenvalue weighted by Crippen LogP contribution is 2.20. The Labute approximate surface area is 106 Å². The molecule has 1 fully saturated rings. The van der Waals surface area contributed by atoms with Crippen LogP contribution in [-0.2, 0) is 16.1 Å². The first kappa shape index (κ1) is 12.8. The highest BCUT2D eigenvalue weighted by molar-refractivity contribution is 7.15. The normalized spacial score (nSPS) is 17.2. The average molecular weight is 256 g/mol. The highest BCUT2D eigenvalue weighted by Gasteiger charge is 2.13. The van der Waals surface area contributed by atoms with Gasteiger partial charge < -0.3 is 14.8 Å². The van der Waals surface area contributed by atoms with Crippen LogP contribution in [0.25, 0.3) is 0 Å². The summed E-state index contributed by atoms with van der Waals surface area (Å²) in [6, 6.07) is 0. The van der Waals surface area contributed by atoms with Crippen LogP contribution in [-0.4, -0.2) is 31.3 Å². The van der Waals surface area contributed by atoms with Gasteiger partial charge in [-0.15, -0.1) is 0 Å². The third kappa shape index (κ3) is 4.26. The Kier molecular flexibility index (Phi) is 5.22. The van der Waals surface area contributed by atoms with E-state index in [1.807, 2.05) is 6.20 Å². The smallest absolute Gasteiger partial charge is 0.182 e. The molecule has 17 heavy (non-hydrogen) atoms. The van der Waals surface area contributed by atoms with E-state index >= 15 is 0 Å². The number of nitrogens with zero attached hydrogens (tertiary/aromatic N) is 1. The maximum Gasteiger partial charge on any atom is 0.182 e. The zero-order valence-electron chi connectivity index (χ0n) is 10.3. The lowest BCUT2D eigenvalue weighted by molar-refractivity contribution is 0.0163. The van der Waals surface area contributed by atoms with Gasteiger partial charge >= 0.3 is 0 Å². The summed E-state index contributed by atoms with van der Waals surface area (Å²) >= 11 is 1.67. The third-order valence-electron chi connectivity index (χ3n) is 2.82. The molecule has 1 aromatic heterocycles. The minimum absolute atomic E-state index is 0.671. The second-order valence-corrected chi connectivity index (χ2v) is 5.35. The molecule has 1 N–H and O–H groups in total. The standard InChI is InChI=1S/C12H20N2O2S/c1-2-13-12-14-7-11(17-12)9-16-8-10-3-5-15-6-4-10/h7,10H,2-6,8-9H2,1H3,(H,13,14). The second kappa shape index (κ2) is 6.93. The molecule has 96 valence electrons. The van der Waals surface area contributed by atoms with Crippen LogP contribution in [0.5, 0.6) is 0 Å². The van der Waals surface area contributed by atoms with Crippen LogP contribution in [0.4, 0.5) is 5.13 Å². The van der Waals surface area contributed by atoms with Gasteiger partial charge in [0.15, 0.2) is 5.13 Å². The van der Waals surface area contributed by atoms with E-state index < -0.39 is 0 Å². The minimum Gasteiger partial charge on any atom is -0.381 e. The topological polar surface area (TPSA) is 43.4 Å². The van der Waals surface area contributed by atoms with Gasteiger partial charge in [0.05, 0.1) is 18.1 Å². The summed E-state index contributed by atoms with van der Waals surface area (Å²) in [5, 5.41) is 4.19. The van der Waals surface area contributed by atoms with Crippen molar-refractivity contribution < 1.29 is 9.47 Å². The largest absolute Gasteiger partial charge is 0.381 e. The lowest BCUT2D eigenvalue weighted by Crippen LogP contribution is -2.19. The Bertz CT molecular complexity index is 324. The van der Waals surface area contributed by atoms with Crippen molar-refractivity contribution >= 4 is 16.5 Å².